The SMILES string of the molecule is COc1ccccc1C=C(C#N)C(=O)c1c[nH]c2cccc(C)c12. The molecule has 1 heterocycles. The number of hydrogen-bond donors (Lipinski definition) is 1. The average molecular weight is 316 g/mol. The highest BCUT2D eigenvalue weighted by molar-refractivity contribution is 6.20. The highest BCUT2D eigenvalue weighted by Crippen LogP contribution is 2.26. The largest absolute Gasteiger partial charge is 0.496 e. The Morgan fingerprint density at radius 1 is 1.21 bits per heavy atom. The number of aryl methyl sites for hydroxylation is 1. The summed E-state index contributed by atoms with van der Waals surface area (Å²) in [6, 6.07) is 15.1. The van der Waals surface area contributed by atoms with Crippen molar-refractivity contribution in [2.75, 3.05) is 7.11 Å². The lowest BCUT2D eigenvalue weighted by molar-refractivity contribution is 0.104. The Balaban J connectivity index is 2.10. The smallest absolute Gasteiger partial charge is 0.205 e. The Morgan fingerprint density at radius 2 is 2.00 bits per heavy atom. The van der Waals surface area contributed by atoms with E-state index in [4.69, 9.17) is 4.74 Å². The highest BCUT2D eigenvalue weighted by atomic mass is 16.5. The van der Waals surface area contributed by atoms with Gasteiger partial charge in [-0.15, -0.1) is 0 Å². The summed E-state index contributed by atoms with van der Waals surface area (Å²) in [5.41, 5.74) is 3.15. The minimum Gasteiger partial charge on any atom is -0.496 e. The molecule has 0 aliphatic heterocycles. The van der Waals surface area contributed by atoms with Gasteiger partial charge in [0.1, 0.15) is 17.4 Å². The van der Waals surface area contributed by atoms with E-state index in [1.54, 1.807) is 25.4 Å². The van der Waals surface area contributed by atoms with Crippen LogP contribution in [0.4, 0.5) is 0 Å². The number of aromatic amines is 1. The van der Waals surface area contributed by atoms with Gasteiger partial charge in [0.05, 0.1) is 7.11 Å². The molecule has 2 aromatic carbocycles. The molecule has 1 N–H and O–H groups in total. The van der Waals surface area contributed by atoms with Gasteiger partial charge in [-0.05, 0) is 30.7 Å². The van der Waals surface area contributed by atoms with Crippen LogP contribution in [0.2, 0.25) is 0 Å². The van der Waals surface area contributed by atoms with Crippen LogP contribution >= 0.6 is 0 Å². The van der Waals surface area contributed by atoms with Gasteiger partial charge in [0.15, 0.2) is 0 Å². The van der Waals surface area contributed by atoms with Gasteiger partial charge in [-0.3, -0.25) is 4.79 Å². The van der Waals surface area contributed by atoms with E-state index < -0.39 is 0 Å². The van der Waals surface area contributed by atoms with Crippen LogP contribution < -0.4 is 4.74 Å². The van der Waals surface area contributed by atoms with E-state index >= 15 is 0 Å². The quantitative estimate of drug-likeness (QED) is 0.444. The van der Waals surface area contributed by atoms with Crippen molar-refractivity contribution in [3.63, 3.8) is 0 Å². The number of nitriles is 1. The number of benzene rings is 2. The summed E-state index contributed by atoms with van der Waals surface area (Å²) in [5.74, 6) is 0.317. The molecule has 0 radical (unpaired) electrons. The van der Waals surface area contributed by atoms with Crippen molar-refractivity contribution in [1.29, 1.82) is 5.26 Å². The zero-order valence-electron chi connectivity index (χ0n) is 13.5. The van der Waals surface area contributed by atoms with Crippen LogP contribution in [0.5, 0.6) is 5.75 Å². The number of nitrogens with one attached hydrogen (secondary N) is 1. The number of ether oxygens (including phenoxy) is 1. The Kier molecular flexibility index (Phi) is 4.17. The van der Waals surface area contributed by atoms with Crippen molar-refractivity contribution in [3.05, 3.63) is 70.9 Å². The number of methoxy groups -OCH3 is 1. The van der Waals surface area contributed by atoms with Gasteiger partial charge < -0.3 is 9.72 Å². The van der Waals surface area contributed by atoms with E-state index in [9.17, 15) is 10.1 Å². The molecule has 0 saturated heterocycles. The van der Waals surface area contributed by atoms with Crippen molar-refractivity contribution in [1.82, 2.24) is 4.98 Å². The van der Waals surface area contributed by atoms with Crippen LogP contribution in [0.1, 0.15) is 21.5 Å². The zero-order chi connectivity index (χ0) is 17.1. The number of rotatable bonds is 4. The lowest BCUT2D eigenvalue weighted by Gasteiger charge is -2.05. The molecule has 0 atom stereocenters. The molecule has 0 aliphatic carbocycles. The molecule has 3 rings (SSSR count). The normalized spacial score (nSPS) is 11.3. The lowest BCUT2D eigenvalue weighted by atomic mass is 9.99. The van der Waals surface area contributed by atoms with Crippen molar-refractivity contribution in [3.8, 4) is 11.8 Å². The first kappa shape index (κ1) is 15.6. The highest BCUT2D eigenvalue weighted by Gasteiger charge is 2.18. The second-order valence-electron chi connectivity index (χ2n) is 5.44. The van der Waals surface area contributed by atoms with Crippen LogP contribution in [-0.2, 0) is 0 Å². The van der Waals surface area contributed by atoms with Crippen molar-refractivity contribution in [2.24, 2.45) is 0 Å². The number of carbonyl (C=O) groups is 1. The van der Waals surface area contributed by atoms with Crippen LogP contribution in [0.3, 0.4) is 0 Å². The number of ketones is 1. The van der Waals surface area contributed by atoms with Crippen molar-refractivity contribution < 1.29 is 9.53 Å². The van der Waals surface area contributed by atoms with Crippen molar-refractivity contribution in [2.45, 2.75) is 6.92 Å². The van der Waals surface area contributed by atoms with Gasteiger partial charge in [0.25, 0.3) is 0 Å². The first-order valence-electron chi connectivity index (χ1n) is 7.52. The average Bonchev–Trinajstić information content (AvgIpc) is 3.05. The number of H-pyrrole nitrogens is 1. The molecule has 4 heteroatoms. The van der Waals surface area contributed by atoms with E-state index in [2.05, 4.69) is 4.98 Å². The van der Waals surface area contributed by atoms with E-state index in [0.717, 1.165) is 16.5 Å². The van der Waals surface area contributed by atoms with Crippen LogP contribution in [0.25, 0.3) is 17.0 Å². The summed E-state index contributed by atoms with van der Waals surface area (Å²) in [4.78, 5) is 15.9. The Morgan fingerprint density at radius 3 is 2.75 bits per heavy atom. The number of para-hydroxylation sites is 1. The molecule has 0 spiro atoms. The maximum atomic E-state index is 12.9. The van der Waals surface area contributed by atoms with Gasteiger partial charge in [0.2, 0.25) is 5.78 Å². The number of hydrogen-bond acceptors (Lipinski definition) is 3. The Hall–Kier alpha value is -3.32. The van der Waals surface area contributed by atoms with E-state index in [-0.39, 0.29) is 11.4 Å². The third-order valence-corrected chi connectivity index (χ3v) is 3.96. The fraction of sp³-hybridized carbons (Fsp3) is 0.100. The van der Waals surface area contributed by atoms with Crippen LogP contribution in [0.15, 0.2) is 54.2 Å². The van der Waals surface area contributed by atoms with Gasteiger partial charge >= 0.3 is 0 Å². The topological polar surface area (TPSA) is 65.9 Å². The predicted molar refractivity (Wildman–Crippen MR) is 94.0 cm³/mol. The molecule has 118 valence electrons. The number of aromatic nitrogens is 1. The third-order valence-electron chi connectivity index (χ3n) is 3.96. The van der Waals surface area contributed by atoms with Crippen molar-refractivity contribution >= 4 is 22.8 Å². The number of Topliss-reactive ketones (excluding diaryl/α,β-unsaturated/α-hetero) is 1. The summed E-state index contributed by atoms with van der Waals surface area (Å²) >= 11 is 0. The molecular weight excluding hydrogens is 300 g/mol. The molecule has 1 aromatic heterocycles. The summed E-state index contributed by atoms with van der Waals surface area (Å²) < 4.78 is 5.28. The van der Waals surface area contributed by atoms with Crippen LogP contribution in [-0.4, -0.2) is 17.9 Å². The second-order valence-corrected chi connectivity index (χ2v) is 5.44. The monoisotopic (exact) mass is 316 g/mol. The molecule has 24 heavy (non-hydrogen) atoms. The Labute approximate surface area is 140 Å². The molecule has 0 amide bonds. The van der Waals surface area contributed by atoms with Crippen LogP contribution in [0, 0.1) is 18.3 Å². The zero-order valence-corrected chi connectivity index (χ0v) is 13.5. The fourth-order valence-corrected chi connectivity index (χ4v) is 2.78. The minimum atomic E-state index is -0.302. The molecule has 0 unspecified atom stereocenters. The summed E-state index contributed by atoms with van der Waals surface area (Å²) in [5, 5.41) is 10.3. The van der Waals surface area contributed by atoms with E-state index in [1.165, 1.54) is 0 Å². The van der Waals surface area contributed by atoms with Gasteiger partial charge in [-0.2, -0.15) is 5.26 Å². The van der Waals surface area contributed by atoms with Gasteiger partial charge in [0, 0.05) is 28.2 Å². The van der Waals surface area contributed by atoms with Gasteiger partial charge in [-0.1, -0.05) is 30.3 Å². The third kappa shape index (κ3) is 2.68. The van der Waals surface area contributed by atoms with E-state index in [0.29, 0.717) is 16.9 Å². The van der Waals surface area contributed by atoms with Gasteiger partial charge in [-0.25, -0.2) is 0 Å². The fourth-order valence-electron chi connectivity index (χ4n) is 2.78. The molecule has 3 aromatic rings. The maximum absolute atomic E-state index is 12.9. The second kappa shape index (κ2) is 6.43. The predicted octanol–water partition coefficient (Wildman–Crippen LogP) is 4.27. The van der Waals surface area contributed by atoms with E-state index in [1.807, 2.05) is 49.4 Å². The number of nitrogens with zero attached hydrogens (tertiary/aromatic N) is 1. The molecular formula is C20H16N2O2. The lowest BCUT2D eigenvalue weighted by Crippen LogP contribution is -2.02. The first-order valence-corrected chi connectivity index (χ1v) is 7.52. The molecule has 0 aliphatic rings. The number of allylic oxidation sites excluding steroid dienone is 1. The number of carbonyl (C=O) groups excluding carboxylic acids is 1. The summed E-state index contributed by atoms with van der Waals surface area (Å²) in [6.45, 7) is 1.95. The maximum Gasteiger partial charge on any atom is 0.205 e. The number of fused-ring (bicyclic) bond motifs is 1. The summed E-state index contributed by atoms with van der Waals surface area (Å²) in [6.07, 6.45) is 3.23. The first-order chi connectivity index (χ1) is 11.7. The molecule has 0 bridgehead atoms. The summed E-state index contributed by atoms with van der Waals surface area (Å²) in [7, 11) is 1.56. The standard InChI is InChI=1S/C20H16N2O2/c1-13-6-5-8-17-19(13)16(12-22-17)20(23)15(11-21)10-14-7-3-4-9-18(14)24-2/h3-10,12,22H,1-2H3. The molecule has 4 nitrogen and oxygen atoms in total. The molecule has 0 fully saturated rings. The molecule has 0 saturated carbocycles. The minimum absolute atomic E-state index is 0.0728. The Bertz CT molecular complexity index is 990.